The minimum absolute atomic E-state index is 0.450. The van der Waals surface area contributed by atoms with Gasteiger partial charge in [0.25, 0.3) is 0 Å². The van der Waals surface area contributed by atoms with Gasteiger partial charge in [0.05, 0.1) is 36.7 Å². The zero-order valence-electron chi connectivity index (χ0n) is 20.5. The smallest absolute Gasteiger partial charge is 0.214 e. The third-order valence-electron chi connectivity index (χ3n) is 7.39. The molecule has 188 valence electrons. The molecule has 35 heavy (non-hydrogen) atoms. The van der Waals surface area contributed by atoms with Crippen LogP contribution in [0.1, 0.15) is 73.5 Å². The fourth-order valence-electron chi connectivity index (χ4n) is 5.43. The third-order valence-corrected chi connectivity index (χ3v) is 7.39. The van der Waals surface area contributed by atoms with Crippen LogP contribution in [0.4, 0.5) is 0 Å². The van der Waals surface area contributed by atoms with Crippen molar-refractivity contribution >= 4 is 11.9 Å². The second kappa shape index (κ2) is 11.8. The Kier molecular flexibility index (Phi) is 8.10. The first-order valence-corrected chi connectivity index (χ1v) is 13.1. The van der Waals surface area contributed by atoms with Crippen molar-refractivity contribution in [3.05, 3.63) is 41.4 Å². The van der Waals surface area contributed by atoms with Crippen molar-refractivity contribution < 1.29 is 19.0 Å². The molecule has 0 bridgehead atoms. The van der Waals surface area contributed by atoms with Crippen LogP contribution in [0.25, 0.3) is 5.57 Å². The summed E-state index contributed by atoms with van der Waals surface area (Å²) in [5.41, 5.74) is 4.38. The average Bonchev–Trinajstić information content (AvgIpc) is 3.61. The Morgan fingerprint density at radius 2 is 1.91 bits per heavy atom. The molecule has 2 aliphatic carbocycles. The lowest BCUT2D eigenvalue weighted by Gasteiger charge is -2.26. The topological polar surface area (TPSA) is 78.7 Å². The Hall–Kier alpha value is -2.71. The molecule has 1 saturated carbocycles. The van der Waals surface area contributed by atoms with Crippen molar-refractivity contribution in [2.45, 2.75) is 57.4 Å². The van der Waals surface area contributed by atoms with Crippen molar-refractivity contribution in [3.63, 3.8) is 0 Å². The standard InChI is InChI=1S/C27H36N4O4/c32-19-22-17-27(34-16-13-30-11-14-33-15-12-30)28-18-26(22)35-20-21-5-1-4-8-24(21)25-9-10-29-31(25)23-6-2-3-7-23/h9-10,17-19,23H,1-8,11-16,20H2. The maximum atomic E-state index is 11.8. The van der Waals surface area contributed by atoms with E-state index in [2.05, 4.69) is 25.7 Å². The van der Waals surface area contributed by atoms with Crippen LogP contribution < -0.4 is 9.47 Å². The summed E-state index contributed by atoms with van der Waals surface area (Å²) in [5.74, 6) is 0.952. The van der Waals surface area contributed by atoms with Crippen LogP contribution in [0.3, 0.4) is 0 Å². The first kappa shape index (κ1) is 24.0. The highest BCUT2D eigenvalue weighted by Crippen LogP contribution is 2.37. The number of aldehydes is 1. The van der Waals surface area contributed by atoms with Crippen LogP contribution in [0.2, 0.25) is 0 Å². The quantitative estimate of drug-likeness (QED) is 0.469. The summed E-state index contributed by atoms with van der Waals surface area (Å²) in [7, 11) is 0. The van der Waals surface area contributed by atoms with Gasteiger partial charge in [0.2, 0.25) is 5.88 Å². The highest BCUT2D eigenvalue weighted by Gasteiger charge is 2.24. The summed E-state index contributed by atoms with van der Waals surface area (Å²) in [4.78, 5) is 18.5. The molecule has 2 fully saturated rings. The zero-order valence-corrected chi connectivity index (χ0v) is 20.5. The molecular weight excluding hydrogens is 444 g/mol. The van der Waals surface area contributed by atoms with Crippen LogP contribution in [0.15, 0.2) is 30.1 Å². The number of hydrogen-bond donors (Lipinski definition) is 0. The second-order valence-electron chi connectivity index (χ2n) is 9.66. The first-order chi connectivity index (χ1) is 17.3. The largest absolute Gasteiger partial charge is 0.487 e. The van der Waals surface area contributed by atoms with Gasteiger partial charge in [0.1, 0.15) is 19.0 Å². The molecule has 1 aliphatic heterocycles. The van der Waals surface area contributed by atoms with E-state index >= 15 is 0 Å². The van der Waals surface area contributed by atoms with Crippen LogP contribution in [0.5, 0.6) is 11.6 Å². The number of allylic oxidation sites excluding steroid dienone is 1. The molecule has 8 nitrogen and oxygen atoms in total. The molecule has 0 aromatic carbocycles. The zero-order chi connectivity index (χ0) is 23.9. The number of carbonyl (C=O) groups excluding carboxylic acids is 1. The lowest BCUT2D eigenvalue weighted by Crippen LogP contribution is -2.38. The normalized spacial score (nSPS) is 19.8. The fourth-order valence-corrected chi connectivity index (χ4v) is 5.43. The Bertz CT molecular complexity index is 1020. The van der Waals surface area contributed by atoms with Crippen LogP contribution in [-0.4, -0.2) is 72.0 Å². The summed E-state index contributed by atoms with van der Waals surface area (Å²) in [6.07, 6.45) is 13.8. The van der Waals surface area contributed by atoms with Crippen LogP contribution in [-0.2, 0) is 4.74 Å². The number of nitrogens with zero attached hydrogens (tertiary/aromatic N) is 4. The Morgan fingerprint density at radius 3 is 2.74 bits per heavy atom. The summed E-state index contributed by atoms with van der Waals surface area (Å²) in [6, 6.07) is 4.34. The number of aromatic nitrogens is 3. The molecule has 0 radical (unpaired) electrons. The van der Waals surface area contributed by atoms with Gasteiger partial charge >= 0.3 is 0 Å². The molecule has 3 aliphatic rings. The Labute approximate surface area is 207 Å². The van der Waals surface area contributed by atoms with Gasteiger partial charge in [-0.3, -0.25) is 14.4 Å². The predicted octanol–water partition coefficient (Wildman–Crippen LogP) is 4.32. The highest BCUT2D eigenvalue weighted by molar-refractivity contribution is 5.79. The van der Waals surface area contributed by atoms with E-state index in [0.29, 0.717) is 36.4 Å². The molecule has 3 heterocycles. The van der Waals surface area contributed by atoms with E-state index in [1.165, 1.54) is 48.9 Å². The number of hydrogen-bond acceptors (Lipinski definition) is 7. The van der Waals surface area contributed by atoms with Gasteiger partial charge in [0, 0.05) is 31.9 Å². The van der Waals surface area contributed by atoms with Crippen LogP contribution >= 0.6 is 0 Å². The number of pyridine rings is 1. The Balaban J connectivity index is 1.24. The highest BCUT2D eigenvalue weighted by atomic mass is 16.5. The van der Waals surface area contributed by atoms with E-state index in [1.807, 2.05) is 6.20 Å². The number of morpholine rings is 1. The number of ether oxygens (including phenoxy) is 3. The molecule has 5 rings (SSSR count). The molecule has 1 saturated heterocycles. The van der Waals surface area contributed by atoms with E-state index < -0.39 is 0 Å². The van der Waals surface area contributed by atoms with Crippen molar-refractivity contribution in [3.8, 4) is 11.6 Å². The predicted molar refractivity (Wildman–Crippen MR) is 133 cm³/mol. The number of carbonyl (C=O) groups is 1. The van der Waals surface area contributed by atoms with E-state index in [0.717, 1.165) is 58.4 Å². The summed E-state index contributed by atoms with van der Waals surface area (Å²) >= 11 is 0. The van der Waals surface area contributed by atoms with Gasteiger partial charge in [-0.15, -0.1) is 0 Å². The average molecular weight is 481 g/mol. The molecule has 0 atom stereocenters. The maximum Gasteiger partial charge on any atom is 0.214 e. The summed E-state index contributed by atoms with van der Waals surface area (Å²) < 4.78 is 19.6. The van der Waals surface area contributed by atoms with E-state index in [1.54, 1.807) is 12.3 Å². The van der Waals surface area contributed by atoms with E-state index in [4.69, 9.17) is 14.2 Å². The lowest BCUT2D eigenvalue weighted by atomic mass is 9.90. The SMILES string of the molecule is O=Cc1cc(OCCN2CCOCC2)ncc1OCC1=C(c2ccnn2C2CCCC2)CCCC1. The van der Waals surface area contributed by atoms with Crippen molar-refractivity contribution in [2.24, 2.45) is 0 Å². The van der Waals surface area contributed by atoms with E-state index in [-0.39, 0.29) is 0 Å². The molecule has 2 aromatic rings. The molecule has 0 amide bonds. The first-order valence-electron chi connectivity index (χ1n) is 13.1. The van der Waals surface area contributed by atoms with Gasteiger partial charge < -0.3 is 14.2 Å². The summed E-state index contributed by atoms with van der Waals surface area (Å²) in [5, 5.41) is 4.68. The maximum absolute atomic E-state index is 11.8. The van der Waals surface area contributed by atoms with Gasteiger partial charge in [-0.2, -0.15) is 5.10 Å². The van der Waals surface area contributed by atoms with Gasteiger partial charge in [-0.1, -0.05) is 12.8 Å². The van der Waals surface area contributed by atoms with E-state index in [9.17, 15) is 4.79 Å². The minimum atomic E-state index is 0.450. The third kappa shape index (κ3) is 5.93. The number of rotatable bonds is 10. The van der Waals surface area contributed by atoms with Crippen molar-refractivity contribution in [2.75, 3.05) is 46.1 Å². The molecule has 0 unspecified atom stereocenters. The molecule has 0 N–H and O–H groups in total. The van der Waals surface area contributed by atoms with Crippen molar-refractivity contribution in [1.82, 2.24) is 19.7 Å². The van der Waals surface area contributed by atoms with Gasteiger partial charge in [-0.05, 0) is 55.7 Å². The molecular formula is C27H36N4O4. The van der Waals surface area contributed by atoms with Gasteiger partial charge in [-0.25, -0.2) is 4.98 Å². The van der Waals surface area contributed by atoms with Crippen LogP contribution in [0, 0.1) is 0 Å². The molecule has 2 aromatic heterocycles. The Morgan fingerprint density at radius 1 is 1.09 bits per heavy atom. The monoisotopic (exact) mass is 480 g/mol. The fraction of sp³-hybridized carbons (Fsp3) is 0.593. The minimum Gasteiger partial charge on any atom is -0.487 e. The second-order valence-corrected chi connectivity index (χ2v) is 9.66. The molecule has 8 heteroatoms. The summed E-state index contributed by atoms with van der Waals surface area (Å²) in [6.45, 7) is 5.17. The molecule has 0 spiro atoms. The van der Waals surface area contributed by atoms with Crippen molar-refractivity contribution in [1.29, 1.82) is 0 Å². The van der Waals surface area contributed by atoms with Gasteiger partial charge in [0.15, 0.2) is 6.29 Å². The lowest BCUT2D eigenvalue weighted by molar-refractivity contribution is 0.0320.